The zero-order valence-corrected chi connectivity index (χ0v) is 50.1. The highest BCUT2D eigenvalue weighted by atomic mass is 32.2. The molecule has 2 aromatic carbocycles. The lowest BCUT2D eigenvalue weighted by Crippen LogP contribution is -2.50. The zero-order chi connectivity index (χ0) is 56.3. The predicted molar refractivity (Wildman–Crippen MR) is 291 cm³/mol. The van der Waals surface area contributed by atoms with Crippen molar-refractivity contribution in [2.24, 2.45) is 0 Å². The molecule has 0 bridgehead atoms. The minimum atomic E-state index is -6.11. The number of hydrogen-bond donors (Lipinski definition) is 0. The zero-order valence-electron chi connectivity index (χ0n) is 46.3. The molecule has 2 aromatic rings. The van der Waals surface area contributed by atoms with Crippen molar-refractivity contribution in [3.63, 3.8) is 0 Å². The molecule has 76 heavy (non-hydrogen) atoms. The molecule has 0 fully saturated rings. The van der Waals surface area contributed by atoms with Crippen molar-refractivity contribution in [2.45, 2.75) is 159 Å². The van der Waals surface area contributed by atoms with E-state index in [0.717, 1.165) is 23.2 Å². The summed E-state index contributed by atoms with van der Waals surface area (Å²) in [4.78, 5) is 62.2. The minimum Gasteiger partial charge on any atom is -0.540 e. The number of alkyl halides is 3. The summed E-state index contributed by atoms with van der Waals surface area (Å²) in [5.74, 6) is -1.61. The highest BCUT2D eigenvalue weighted by Crippen LogP contribution is 2.48. The van der Waals surface area contributed by atoms with Gasteiger partial charge in [0.15, 0.2) is 17.2 Å². The van der Waals surface area contributed by atoms with Crippen LogP contribution in [0.2, 0.25) is 68.0 Å². The van der Waals surface area contributed by atoms with Gasteiger partial charge in [-0.3, -0.25) is 33.9 Å². The van der Waals surface area contributed by atoms with Gasteiger partial charge in [0.1, 0.15) is 37.1 Å². The van der Waals surface area contributed by atoms with Crippen LogP contribution in [0.5, 0.6) is 23.0 Å². The van der Waals surface area contributed by atoms with Crippen molar-refractivity contribution in [1.29, 1.82) is 0 Å². The van der Waals surface area contributed by atoms with Crippen LogP contribution in [0.3, 0.4) is 0 Å². The second-order valence-electron chi connectivity index (χ2n) is 23.1. The summed E-state index contributed by atoms with van der Waals surface area (Å²) >= 11 is 0. The van der Waals surface area contributed by atoms with Crippen LogP contribution >= 0.6 is 0 Å². The van der Waals surface area contributed by atoms with Crippen LogP contribution in [0.1, 0.15) is 94.4 Å². The Hall–Kier alpha value is -4.89. The van der Waals surface area contributed by atoms with Gasteiger partial charge in [-0.15, -0.1) is 0 Å². The summed E-state index contributed by atoms with van der Waals surface area (Å²) in [6.45, 7) is 26.6. The van der Waals surface area contributed by atoms with Crippen LogP contribution in [0.15, 0.2) is 48.5 Å². The van der Waals surface area contributed by atoms with Gasteiger partial charge < -0.3 is 37.2 Å². The van der Waals surface area contributed by atoms with Gasteiger partial charge in [0, 0.05) is 60.3 Å². The van der Waals surface area contributed by atoms with Crippen LogP contribution in [-0.4, -0.2) is 131 Å². The number of benzene rings is 2. The number of amides is 4. The molecule has 4 heterocycles. The Morgan fingerprint density at radius 1 is 0.645 bits per heavy atom. The molecule has 0 N–H and O–H groups in total. The molecule has 24 heteroatoms. The van der Waals surface area contributed by atoms with Crippen LogP contribution in [-0.2, 0) is 33.4 Å². The molecule has 0 aromatic heterocycles. The fourth-order valence-corrected chi connectivity index (χ4v) is 17.3. The van der Waals surface area contributed by atoms with Crippen molar-refractivity contribution in [3.05, 3.63) is 59.6 Å². The van der Waals surface area contributed by atoms with Gasteiger partial charge in [-0.25, -0.2) is 0 Å². The molecule has 2 atom stereocenters. The lowest BCUT2D eigenvalue weighted by molar-refractivity contribution is -0.123. The van der Waals surface area contributed by atoms with Gasteiger partial charge in [-0.1, -0.05) is 86.9 Å². The van der Waals surface area contributed by atoms with E-state index in [4.69, 9.17) is 28.1 Å². The summed E-state index contributed by atoms with van der Waals surface area (Å²) in [6, 6.07) is 5.86. The molecule has 0 spiro atoms. The second-order valence-corrected chi connectivity index (χ2v) is 41.3. The number of rotatable bonds is 26. The van der Waals surface area contributed by atoms with Crippen molar-refractivity contribution in [2.75, 3.05) is 56.8 Å². The van der Waals surface area contributed by atoms with Crippen molar-refractivity contribution in [1.82, 2.24) is 9.80 Å². The topological polar surface area (TPSA) is 180 Å². The first-order chi connectivity index (χ1) is 35.4. The van der Waals surface area contributed by atoms with Gasteiger partial charge in [0.05, 0.1) is 42.8 Å². The third kappa shape index (κ3) is 13.5. The van der Waals surface area contributed by atoms with Crippen molar-refractivity contribution >= 4 is 69.6 Å². The highest BCUT2D eigenvalue weighted by molar-refractivity contribution is 7.87. The van der Waals surface area contributed by atoms with E-state index in [2.05, 4.69) is 85.0 Å². The second kappa shape index (κ2) is 24.0. The van der Waals surface area contributed by atoms with E-state index in [0.29, 0.717) is 55.0 Å². The summed E-state index contributed by atoms with van der Waals surface area (Å²) < 4.78 is 107. The Bertz CT molecular complexity index is 2630. The molecule has 0 saturated carbocycles. The Morgan fingerprint density at radius 3 is 1.59 bits per heavy atom. The third-order valence-corrected chi connectivity index (χ3v) is 24.6. The van der Waals surface area contributed by atoms with Gasteiger partial charge in [0.2, 0.25) is 0 Å². The Labute approximate surface area is 449 Å². The minimum absolute atomic E-state index is 0.0292. The molecule has 4 aliphatic heterocycles. The van der Waals surface area contributed by atoms with Gasteiger partial charge in [0.25, 0.3) is 31.9 Å². The molecule has 0 saturated heterocycles. The number of fused-ring (bicyclic) bond motifs is 4. The fraction of sp³-hybridized carbons (Fsp3) is 0.615. The molecule has 0 aliphatic carbocycles. The standard InChI is InChI=1S/C52H77F3N4O13SSi3/c1-34(2)76(35(3)4,36(5)6)72-47-28-39-42(59(33-68-23-25-75(11,12)13)51(63)43-26-37(31-57(43)49(39)61)71-73(64,65)52(53,54)55)30-46(47)70-21-16-14-15-20-69-45-29-41-38(27-44(45)66-7)48(60)56-19-17-18-40(56)50(62)58(41)32-67-22-24-74(8,9)10/h17,19,27-31,34-36,40,43H,14-16,18,20-26,32-33H2,1-13H3/t40-,43-/m0/s1. The van der Waals surface area contributed by atoms with E-state index in [1.54, 1.807) is 24.4 Å². The predicted octanol–water partition coefficient (Wildman–Crippen LogP) is 10.8. The molecule has 17 nitrogen and oxygen atoms in total. The normalized spacial score (nSPS) is 18.3. The van der Waals surface area contributed by atoms with Crippen molar-refractivity contribution in [3.8, 4) is 23.0 Å². The first kappa shape index (κ1) is 60.3. The van der Waals surface area contributed by atoms with Crippen LogP contribution < -0.4 is 28.4 Å². The maximum Gasteiger partial charge on any atom is 0.534 e. The van der Waals surface area contributed by atoms with Gasteiger partial charge in [-0.2, -0.15) is 21.6 Å². The average molecular weight is 1140 g/mol. The van der Waals surface area contributed by atoms with Gasteiger partial charge in [-0.05, 0) is 66.5 Å². The van der Waals surface area contributed by atoms with E-state index >= 15 is 0 Å². The number of carbonyl (C=O) groups excluding carboxylic acids is 4. The molecular weight excluding hydrogens is 1060 g/mol. The molecular formula is C52H77F3N4O13SSi3. The molecule has 6 rings (SSSR count). The molecule has 422 valence electrons. The quantitative estimate of drug-likeness (QED) is 0.0376. The largest absolute Gasteiger partial charge is 0.540 e. The SMILES string of the molecule is COc1cc2c(cc1OCCCCCOc1cc3c(cc1O[Si](C(C)C)(C(C)C)C(C)C)C(=O)N1C=C(OS(=O)(=O)C(F)(F)F)C[C@H]1C(=O)N3COCC[Si](C)(C)C)N(COCC[Si](C)(C)C)C(=O)[C@@H]1CC=CN1C2=O. The van der Waals surface area contributed by atoms with Gasteiger partial charge >= 0.3 is 15.6 Å². The lowest BCUT2D eigenvalue weighted by Gasteiger charge is -2.42. The first-order valence-corrected chi connectivity index (χ1v) is 37.0. The Kier molecular flexibility index (Phi) is 19.1. The van der Waals surface area contributed by atoms with E-state index in [1.165, 1.54) is 27.9 Å². The van der Waals surface area contributed by atoms with Crippen molar-refractivity contribution < 1.29 is 73.1 Å². The number of anilines is 2. The summed E-state index contributed by atoms with van der Waals surface area (Å²) in [7, 11) is -10.4. The number of carbonyl (C=O) groups is 4. The maximum atomic E-state index is 14.7. The van der Waals surface area contributed by atoms with E-state index in [-0.39, 0.29) is 84.5 Å². The number of unbranched alkanes of at least 4 members (excludes halogenated alkanes) is 2. The monoisotopic (exact) mass is 1140 g/mol. The Morgan fingerprint density at radius 2 is 1.12 bits per heavy atom. The van der Waals surface area contributed by atoms with Crippen LogP contribution in [0.25, 0.3) is 0 Å². The van der Waals surface area contributed by atoms with E-state index in [1.807, 2.05) is 6.08 Å². The third-order valence-electron chi connectivity index (χ3n) is 14.2. The lowest BCUT2D eigenvalue weighted by atomic mass is 10.1. The van der Waals surface area contributed by atoms with Crippen LogP contribution in [0.4, 0.5) is 24.5 Å². The highest BCUT2D eigenvalue weighted by Gasteiger charge is 2.52. The molecule has 4 aliphatic rings. The first-order valence-electron chi connectivity index (χ1n) is 26.1. The van der Waals surface area contributed by atoms with E-state index < -0.39 is 76.2 Å². The van der Waals surface area contributed by atoms with Crippen LogP contribution in [0, 0.1) is 0 Å². The molecule has 0 radical (unpaired) electrons. The number of hydrogen-bond acceptors (Lipinski definition) is 13. The maximum absolute atomic E-state index is 14.7. The number of methoxy groups -OCH3 is 1. The summed E-state index contributed by atoms with van der Waals surface area (Å²) in [5.41, 5.74) is -4.73. The Balaban J connectivity index is 1.26. The summed E-state index contributed by atoms with van der Waals surface area (Å²) in [6.07, 6.45) is 5.77. The number of nitrogens with zero attached hydrogens (tertiary/aromatic N) is 4. The smallest absolute Gasteiger partial charge is 0.534 e. The number of halogens is 3. The molecule has 0 unspecified atom stereocenters. The van der Waals surface area contributed by atoms with E-state index in [9.17, 15) is 40.8 Å². The number of ether oxygens (including phenoxy) is 5. The molecule has 4 amide bonds. The fourth-order valence-electron chi connectivity index (χ4n) is 10.0. The summed E-state index contributed by atoms with van der Waals surface area (Å²) in [5, 5.41) is 0. The average Bonchev–Trinajstić information content (AvgIpc) is 3.96.